The first-order valence-electron chi connectivity index (χ1n) is 6.57. The Balaban J connectivity index is 1.96. The van der Waals surface area contributed by atoms with Crippen LogP contribution in [0.15, 0.2) is 34.8 Å². The fourth-order valence-corrected chi connectivity index (χ4v) is 3.33. The lowest BCUT2D eigenvalue weighted by Gasteiger charge is -2.18. The van der Waals surface area contributed by atoms with Crippen molar-refractivity contribution in [3.05, 3.63) is 56.5 Å². The van der Waals surface area contributed by atoms with E-state index in [1.165, 1.54) is 12.1 Å². The third kappa shape index (κ3) is 2.59. The summed E-state index contributed by atoms with van der Waals surface area (Å²) in [4.78, 5) is 10.8. The summed E-state index contributed by atoms with van der Waals surface area (Å²) in [6.45, 7) is 0. The van der Waals surface area contributed by atoms with E-state index >= 15 is 0 Å². The molecular formula is C16H11BrClFO3. The second kappa shape index (κ2) is 5.89. The highest BCUT2D eigenvalue weighted by Crippen LogP contribution is 2.42. The smallest absolute Gasteiger partial charge is 0.155 e. The molecular weight excluding hydrogens is 375 g/mol. The van der Waals surface area contributed by atoms with Crippen molar-refractivity contribution in [1.29, 1.82) is 0 Å². The van der Waals surface area contributed by atoms with E-state index in [4.69, 9.17) is 16.3 Å². The minimum Gasteiger partial charge on any atom is -0.507 e. The summed E-state index contributed by atoms with van der Waals surface area (Å²) in [6.07, 6.45) is -1.27. The number of ether oxygens (including phenoxy) is 1. The Hall–Kier alpha value is -1.59. The molecule has 0 fully saturated rings. The number of aromatic hydroxyl groups is 1. The molecule has 0 heterocycles. The van der Waals surface area contributed by atoms with Gasteiger partial charge in [-0.2, -0.15) is 0 Å². The quantitative estimate of drug-likeness (QED) is 0.783. The molecule has 0 aliphatic heterocycles. The first-order chi connectivity index (χ1) is 10.5. The molecule has 0 saturated heterocycles. The van der Waals surface area contributed by atoms with E-state index in [1.807, 2.05) is 12.1 Å². The van der Waals surface area contributed by atoms with Gasteiger partial charge in [0.05, 0.1) is 10.6 Å². The van der Waals surface area contributed by atoms with Crippen molar-refractivity contribution in [2.45, 2.75) is 18.7 Å². The maximum absolute atomic E-state index is 14.3. The third-order valence-electron chi connectivity index (χ3n) is 3.65. The van der Waals surface area contributed by atoms with Crippen LogP contribution in [0.2, 0.25) is 5.02 Å². The van der Waals surface area contributed by atoms with E-state index in [0.29, 0.717) is 6.29 Å². The van der Waals surface area contributed by atoms with Crippen molar-refractivity contribution >= 4 is 33.8 Å². The molecule has 0 saturated carbocycles. The molecule has 114 valence electrons. The molecule has 0 radical (unpaired) electrons. The Morgan fingerprint density at radius 2 is 2.18 bits per heavy atom. The van der Waals surface area contributed by atoms with E-state index in [2.05, 4.69) is 15.9 Å². The largest absolute Gasteiger partial charge is 0.507 e. The molecule has 2 atom stereocenters. The van der Waals surface area contributed by atoms with E-state index in [-0.39, 0.29) is 28.5 Å². The topological polar surface area (TPSA) is 46.5 Å². The molecule has 2 aromatic carbocycles. The summed E-state index contributed by atoms with van der Waals surface area (Å²) in [6, 6.07) is 7.99. The molecule has 0 amide bonds. The first-order valence-corrected chi connectivity index (χ1v) is 7.74. The van der Waals surface area contributed by atoms with Crippen LogP contribution in [-0.2, 0) is 6.42 Å². The number of fused-ring (bicyclic) bond motifs is 1. The SMILES string of the molecule is O=Cc1cc(Cl)c(O[C@@H]2c3cccc(Br)c3C[C@H]2F)cc1O. The molecule has 0 bridgehead atoms. The Kier molecular flexibility index (Phi) is 4.10. The molecule has 6 heteroatoms. The number of phenolic OH excluding ortho intramolecular Hbond substituents is 1. The van der Waals surface area contributed by atoms with E-state index in [1.54, 1.807) is 6.07 Å². The van der Waals surface area contributed by atoms with Crippen molar-refractivity contribution in [2.24, 2.45) is 0 Å². The minimum atomic E-state index is -1.21. The normalized spacial score (nSPS) is 19.8. The lowest BCUT2D eigenvalue weighted by molar-refractivity contribution is 0.111. The molecule has 3 nitrogen and oxygen atoms in total. The van der Waals surface area contributed by atoms with Gasteiger partial charge in [-0.05, 0) is 23.3 Å². The Bertz CT molecular complexity index is 750. The van der Waals surface area contributed by atoms with Crippen LogP contribution >= 0.6 is 27.5 Å². The second-order valence-electron chi connectivity index (χ2n) is 5.03. The predicted octanol–water partition coefficient (Wildman–Crippen LogP) is 4.63. The van der Waals surface area contributed by atoms with Crippen LogP contribution in [0, 0.1) is 0 Å². The molecule has 2 aromatic rings. The van der Waals surface area contributed by atoms with Crippen LogP contribution in [0.25, 0.3) is 0 Å². The van der Waals surface area contributed by atoms with Crippen molar-refractivity contribution in [3.63, 3.8) is 0 Å². The number of aldehydes is 1. The van der Waals surface area contributed by atoms with E-state index < -0.39 is 12.3 Å². The van der Waals surface area contributed by atoms with Crippen molar-refractivity contribution in [1.82, 2.24) is 0 Å². The zero-order chi connectivity index (χ0) is 15.9. The summed E-state index contributed by atoms with van der Waals surface area (Å²) >= 11 is 9.44. The Labute approximate surface area is 139 Å². The van der Waals surface area contributed by atoms with Crippen molar-refractivity contribution in [2.75, 3.05) is 0 Å². The standard InChI is InChI=1S/C16H11BrClFO3/c17-11-3-1-2-9-10(11)5-13(19)16(9)22-15-6-14(21)8(7-20)4-12(15)18/h1-4,6-7,13,16,21H,5H2/t13-,16-/m1/s1. The van der Waals surface area contributed by atoms with Crippen LogP contribution < -0.4 is 4.74 Å². The van der Waals surface area contributed by atoms with Crippen LogP contribution in [0.1, 0.15) is 27.6 Å². The number of alkyl halides is 1. The summed E-state index contributed by atoms with van der Waals surface area (Å²) in [5.41, 5.74) is 1.67. The Morgan fingerprint density at radius 3 is 2.91 bits per heavy atom. The van der Waals surface area contributed by atoms with Crippen molar-refractivity contribution in [3.8, 4) is 11.5 Å². The summed E-state index contributed by atoms with van der Waals surface area (Å²) in [5, 5.41) is 9.87. The van der Waals surface area contributed by atoms with Crippen LogP contribution in [-0.4, -0.2) is 17.6 Å². The van der Waals surface area contributed by atoms with Gasteiger partial charge in [0, 0.05) is 17.0 Å². The van der Waals surface area contributed by atoms with Gasteiger partial charge in [0.15, 0.2) is 12.4 Å². The number of benzene rings is 2. The monoisotopic (exact) mass is 384 g/mol. The summed E-state index contributed by atoms with van der Waals surface area (Å²) in [7, 11) is 0. The van der Waals surface area contributed by atoms with Gasteiger partial charge < -0.3 is 9.84 Å². The van der Waals surface area contributed by atoms with Gasteiger partial charge in [0.25, 0.3) is 0 Å². The third-order valence-corrected chi connectivity index (χ3v) is 4.69. The molecule has 22 heavy (non-hydrogen) atoms. The summed E-state index contributed by atoms with van der Waals surface area (Å²) < 4.78 is 20.8. The number of halogens is 3. The van der Waals surface area contributed by atoms with Crippen molar-refractivity contribution < 1.29 is 19.0 Å². The highest BCUT2D eigenvalue weighted by molar-refractivity contribution is 9.10. The minimum absolute atomic E-state index is 0.0590. The molecule has 0 aromatic heterocycles. The molecule has 0 unspecified atom stereocenters. The van der Waals surface area contributed by atoms with Gasteiger partial charge in [-0.25, -0.2) is 4.39 Å². The highest BCUT2D eigenvalue weighted by Gasteiger charge is 2.36. The van der Waals surface area contributed by atoms with Crippen LogP contribution in [0.3, 0.4) is 0 Å². The zero-order valence-corrected chi connectivity index (χ0v) is 13.6. The maximum atomic E-state index is 14.3. The number of carbonyl (C=O) groups is 1. The number of hydrogen-bond acceptors (Lipinski definition) is 3. The first kappa shape index (κ1) is 15.3. The average Bonchev–Trinajstić information content (AvgIpc) is 2.80. The predicted molar refractivity (Wildman–Crippen MR) is 84.6 cm³/mol. The lowest BCUT2D eigenvalue weighted by atomic mass is 10.1. The molecule has 0 spiro atoms. The van der Waals surface area contributed by atoms with Crippen LogP contribution in [0.5, 0.6) is 11.5 Å². The summed E-state index contributed by atoms with van der Waals surface area (Å²) in [5.74, 6) is -0.109. The van der Waals surface area contributed by atoms with Crippen LogP contribution in [0.4, 0.5) is 4.39 Å². The van der Waals surface area contributed by atoms with E-state index in [9.17, 15) is 14.3 Å². The molecule has 1 aliphatic carbocycles. The number of rotatable bonds is 3. The van der Waals surface area contributed by atoms with Gasteiger partial charge in [0.1, 0.15) is 17.7 Å². The Morgan fingerprint density at radius 1 is 1.41 bits per heavy atom. The number of carbonyl (C=O) groups excluding carboxylic acids is 1. The van der Waals surface area contributed by atoms with E-state index in [0.717, 1.165) is 15.6 Å². The highest BCUT2D eigenvalue weighted by atomic mass is 79.9. The molecule has 1 N–H and O–H groups in total. The number of hydrogen-bond donors (Lipinski definition) is 1. The van der Waals surface area contributed by atoms with Gasteiger partial charge in [-0.1, -0.05) is 39.7 Å². The van der Waals surface area contributed by atoms with Gasteiger partial charge in [0.2, 0.25) is 0 Å². The average molecular weight is 386 g/mol. The number of phenols is 1. The second-order valence-corrected chi connectivity index (χ2v) is 6.29. The van der Waals surface area contributed by atoms with Gasteiger partial charge >= 0.3 is 0 Å². The maximum Gasteiger partial charge on any atom is 0.155 e. The molecule has 3 rings (SSSR count). The molecule has 1 aliphatic rings. The zero-order valence-electron chi connectivity index (χ0n) is 11.2. The lowest BCUT2D eigenvalue weighted by Crippen LogP contribution is -2.15. The van der Waals surface area contributed by atoms with Gasteiger partial charge in [-0.15, -0.1) is 0 Å². The fourth-order valence-electron chi connectivity index (χ4n) is 2.57. The van der Waals surface area contributed by atoms with Gasteiger partial charge in [-0.3, -0.25) is 4.79 Å². The fraction of sp³-hybridized carbons (Fsp3) is 0.188.